The van der Waals surface area contributed by atoms with E-state index in [2.05, 4.69) is 26.1 Å². The zero-order valence-corrected chi connectivity index (χ0v) is 7.41. The zero-order valence-electron chi connectivity index (χ0n) is 7.41. The Hall–Kier alpha value is -0.0400. The second kappa shape index (κ2) is 2.91. The molecule has 0 aromatic rings. The quantitative estimate of drug-likeness (QED) is 0.620. The van der Waals surface area contributed by atoms with Gasteiger partial charge in [0.2, 0.25) is 0 Å². The molecule has 1 aliphatic heterocycles. The summed E-state index contributed by atoms with van der Waals surface area (Å²) in [5.74, 6) is 0.877. The minimum absolute atomic E-state index is 0.592. The van der Waals surface area contributed by atoms with Gasteiger partial charge in [-0.05, 0) is 24.3 Å². The molecule has 0 aromatic heterocycles. The van der Waals surface area contributed by atoms with Gasteiger partial charge in [0, 0.05) is 6.54 Å². The molecule has 1 aliphatic rings. The molecule has 2 atom stereocenters. The van der Waals surface area contributed by atoms with Crippen molar-refractivity contribution < 1.29 is 0 Å². The molecular formula is C9H19N. The van der Waals surface area contributed by atoms with Gasteiger partial charge in [-0.1, -0.05) is 27.2 Å². The Kier molecular flexibility index (Phi) is 2.35. The first-order valence-corrected chi connectivity index (χ1v) is 4.40. The summed E-state index contributed by atoms with van der Waals surface area (Å²) >= 11 is 0. The van der Waals surface area contributed by atoms with Gasteiger partial charge in [-0.3, -0.25) is 0 Å². The van der Waals surface area contributed by atoms with Crippen molar-refractivity contribution >= 4 is 0 Å². The van der Waals surface area contributed by atoms with Crippen LogP contribution in [0.1, 0.15) is 33.6 Å². The maximum Gasteiger partial charge on any atom is 0.000819 e. The minimum atomic E-state index is 0.592. The molecule has 2 unspecified atom stereocenters. The van der Waals surface area contributed by atoms with E-state index in [0.717, 1.165) is 5.92 Å². The summed E-state index contributed by atoms with van der Waals surface area (Å²) in [4.78, 5) is 0. The van der Waals surface area contributed by atoms with Gasteiger partial charge in [0.05, 0.1) is 0 Å². The lowest BCUT2D eigenvalue weighted by molar-refractivity contribution is 0.224. The number of hydrogen-bond acceptors (Lipinski definition) is 1. The molecule has 0 bridgehead atoms. The topological polar surface area (TPSA) is 12.0 Å². The Morgan fingerprint density at radius 1 is 1.60 bits per heavy atom. The standard InChI is InChI=1S/C9H19N/c1-4-8(2)9(3)5-6-10-7-9/h8,10H,4-7H2,1-3H3. The summed E-state index contributed by atoms with van der Waals surface area (Å²) in [7, 11) is 0. The third-order valence-corrected chi connectivity index (χ3v) is 3.20. The summed E-state index contributed by atoms with van der Waals surface area (Å²) in [6, 6.07) is 0. The Bertz CT molecular complexity index is 103. The summed E-state index contributed by atoms with van der Waals surface area (Å²) in [6.45, 7) is 9.51. The van der Waals surface area contributed by atoms with Gasteiger partial charge in [0.15, 0.2) is 0 Å². The van der Waals surface area contributed by atoms with E-state index in [4.69, 9.17) is 0 Å². The molecule has 60 valence electrons. The molecule has 1 fully saturated rings. The smallest absolute Gasteiger partial charge is 0.000819 e. The van der Waals surface area contributed by atoms with Crippen LogP contribution in [0.3, 0.4) is 0 Å². The first-order valence-electron chi connectivity index (χ1n) is 4.40. The molecule has 1 heterocycles. The molecule has 0 amide bonds. The average molecular weight is 141 g/mol. The minimum Gasteiger partial charge on any atom is -0.316 e. The number of hydrogen-bond donors (Lipinski definition) is 1. The van der Waals surface area contributed by atoms with Gasteiger partial charge in [0.1, 0.15) is 0 Å². The van der Waals surface area contributed by atoms with Gasteiger partial charge >= 0.3 is 0 Å². The fourth-order valence-electron chi connectivity index (χ4n) is 1.75. The Morgan fingerprint density at radius 3 is 2.70 bits per heavy atom. The van der Waals surface area contributed by atoms with Crippen LogP contribution in [0.5, 0.6) is 0 Å². The van der Waals surface area contributed by atoms with Gasteiger partial charge in [-0.25, -0.2) is 0 Å². The molecule has 1 heteroatoms. The molecule has 1 nitrogen and oxygen atoms in total. The highest BCUT2D eigenvalue weighted by atomic mass is 14.9. The van der Waals surface area contributed by atoms with Crippen LogP contribution in [0.4, 0.5) is 0 Å². The molecule has 1 saturated heterocycles. The van der Waals surface area contributed by atoms with E-state index in [9.17, 15) is 0 Å². The lowest BCUT2D eigenvalue weighted by Gasteiger charge is -2.29. The van der Waals surface area contributed by atoms with Crippen LogP contribution in [-0.4, -0.2) is 13.1 Å². The van der Waals surface area contributed by atoms with E-state index in [0.29, 0.717) is 5.41 Å². The van der Waals surface area contributed by atoms with Crippen LogP contribution < -0.4 is 5.32 Å². The fourth-order valence-corrected chi connectivity index (χ4v) is 1.75. The largest absolute Gasteiger partial charge is 0.316 e. The van der Waals surface area contributed by atoms with E-state index >= 15 is 0 Å². The lowest BCUT2D eigenvalue weighted by atomic mass is 9.76. The number of nitrogens with one attached hydrogen (secondary N) is 1. The highest BCUT2D eigenvalue weighted by molar-refractivity contribution is 4.87. The Balaban J connectivity index is 2.49. The fraction of sp³-hybridized carbons (Fsp3) is 1.00. The van der Waals surface area contributed by atoms with Crippen LogP contribution in [0.25, 0.3) is 0 Å². The maximum atomic E-state index is 3.43. The Morgan fingerprint density at radius 2 is 2.30 bits per heavy atom. The lowest BCUT2D eigenvalue weighted by Crippen LogP contribution is -2.27. The second-order valence-corrected chi connectivity index (χ2v) is 3.89. The molecule has 10 heavy (non-hydrogen) atoms. The second-order valence-electron chi connectivity index (χ2n) is 3.89. The molecule has 1 rings (SSSR count). The first-order chi connectivity index (χ1) is 4.69. The monoisotopic (exact) mass is 141 g/mol. The molecule has 0 saturated carbocycles. The van der Waals surface area contributed by atoms with Crippen molar-refractivity contribution in [3.05, 3.63) is 0 Å². The summed E-state index contributed by atoms with van der Waals surface area (Å²) < 4.78 is 0. The van der Waals surface area contributed by atoms with E-state index < -0.39 is 0 Å². The van der Waals surface area contributed by atoms with E-state index in [1.54, 1.807) is 0 Å². The third kappa shape index (κ3) is 1.34. The summed E-state index contributed by atoms with van der Waals surface area (Å²) in [5.41, 5.74) is 0.592. The van der Waals surface area contributed by atoms with Crippen LogP contribution in [0.15, 0.2) is 0 Å². The highest BCUT2D eigenvalue weighted by Gasteiger charge is 2.32. The Labute approximate surface area is 64.2 Å². The molecule has 0 aromatic carbocycles. The van der Waals surface area contributed by atoms with Crippen molar-refractivity contribution in [3.8, 4) is 0 Å². The van der Waals surface area contributed by atoms with E-state index in [1.807, 2.05) is 0 Å². The summed E-state index contributed by atoms with van der Waals surface area (Å²) in [5, 5.41) is 3.43. The van der Waals surface area contributed by atoms with Crippen molar-refractivity contribution in [3.63, 3.8) is 0 Å². The predicted molar refractivity (Wildman–Crippen MR) is 45.0 cm³/mol. The van der Waals surface area contributed by atoms with Crippen molar-refractivity contribution in [2.45, 2.75) is 33.6 Å². The average Bonchev–Trinajstić information content (AvgIpc) is 2.36. The third-order valence-electron chi connectivity index (χ3n) is 3.20. The molecule has 0 spiro atoms. The van der Waals surface area contributed by atoms with E-state index in [1.165, 1.54) is 25.9 Å². The predicted octanol–water partition coefficient (Wildman–Crippen LogP) is 2.03. The zero-order chi connectivity index (χ0) is 7.61. The van der Waals surface area contributed by atoms with Gasteiger partial charge in [0.25, 0.3) is 0 Å². The molecule has 1 N–H and O–H groups in total. The van der Waals surface area contributed by atoms with E-state index in [-0.39, 0.29) is 0 Å². The van der Waals surface area contributed by atoms with Crippen molar-refractivity contribution in [2.75, 3.05) is 13.1 Å². The van der Waals surface area contributed by atoms with Crippen LogP contribution in [0.2, 0.25) is 0 Å². The summed E-state index contributed by atoms with van der Waals surface area (Å²) in [6.07, 6.45) is 2.68. The van der Waals surface area contributed by atoms with Gasteiger partial charge in [-0.2, -0.15) is 0 Å². The highest BCUT2D eigenvalue weighted by Crippen LogP contribution is 2.34. The van der Waals surface area contributed by atoms with Crippen LogP contribution in [-0.2, 0) is 0 Å². The van der Waals surface area contributed by atoms with Gasteiger partial charge in [-0.15, -0.1) is 0 Å². The normalized spacial score (nSPS) is 36.3. The molecule has 0 aliphatic carbocycles. The van der Waals surface area contributed by atoms with Crippen molar-refractivity contribution in [1.82, 2.24) is 5.32 Å². The first kappa shape index (κ1) is 8.06. The number of rotatable bonds is 2. The van der Waals surface area contributed by atoms with Crippen molar-refractivity contribution in [1.29, 1.82) is 0 Å². The maximum absolute atomic E-state index is 3.43. The van der Waals surface area contributed by atoms with Crippen LogP contribution >= 0.6 is 0 Å². The van der Waals surface area contributed by atoms with Crippen LogP contribution in [0, 0.1) is 11.3 Å². The molecule has 0 radical (unpaired) electrons. The SMILES string of the molecule is CCC(C)C1(C)CCNC1. The molecular weight excluding hydrogens is 122 g/mol. The van der Waals surface area contributed by atoms with Gasteiger partial charge < -0.3 is 5.32 Å². The van der Waals surface area contributed by atoms with Crippen molar-refractivity contribution in [2.24, 2.45) is 11.3 Å².